The first kappa shape index (κ1) is 22.4. The number of ether oxygens (including phenoxy) is 1. The molecule has 2 aliphatic rings. The Morgan fingerprint density at radius 3 is 2.68 bits per heavy atom. The summed E-state index contributed by atoms with van der Waals surface area (Å²) in [6, 6.07) is 0.0203. The standard InChI is InChI=1S/C22H27N7O4S/c1-12(13-3-4-13)24-19-17(33-2)16(20(30)28-7-5-14(6-8-28)25-22(31)32)26-18(27-19)15-11-23-29-9-10-34-21(15)29/h9-14,25H,3-8H2,1-2H3,(H,31,32)(H,24,26,27)/t12-/m0/s1. The van der Waals surface area contributed by atoms with Crippen LogP contribution in [0.15, 0.2) is 17.8 Å². The third-order valence-electron chi connectivity index (χ3n) is 6.45. The summed E-state index contributed by atoms with van der Waals surface area (Å²) in [5.41, 5.74) is 0.941. The minimum absolute atomic E-state index is 0.166. The fourth-order valence-electron chi connectivity index (χ4n) is 4.37. The van der Waals surface area contributed by atoms with E-state index in [1.165, 1.54) is 31.3 Å². The van der Waals surface area contributed by atoms with Crippen molar-refractivity contribution in [3.05, 3.63) is 23.5 Å². The molecule has 1 aliphatic heterocycles. The molecular formula is C22H27N7O4S. The molecule has 1 saturated carbocycles. The van der Waals surface area contributed by atoms with Gasteiger partial charge >= 0.3 is 6.09 Å². The van der Waals surface area contributed by atoms with E-state index in [1.54, 1.807) is 15.6 Å². The quantitative estimate of drug-likeness (QED) is 0.465. The van der Waals surface area contributed by atoms with E-state index in [2.05, 4.69) is 27.6 Å². The highest BCUT2D eigenvalue weighted by atomic mass is 32.1. The van der Waals surface area contributed by atoms with Gasteiger partial charge in [-0.15, -0.1) is 11.3 Å². The summed E-state index contributed by atoms with van der Waals surface area (Å²) >= 11 is 1.53. The van der Waals surface area contributed by atoms with Crippen LogP contribution in [0.3, 0.4) is 0 Å². The zero-order chi connectivity index (χ0) is 23.8. The van der Waals surface area contributed by atoms with Gasteiger partial charge < -0.3 is 25.4 Å². The number of hydrogen-bond donors (Lipinski definition) is 3. The van der Waals surface area contributed by atoms with Gasteiger partial charge in [0.25, 0.3) is 5.91 Å². The van der Waals surface area contributed by atoms with E-state index in [9.17, 15) is 9.59 Å². The molecule has 180 valence electrons. The molecule has 1 atom stereocenters. The van der Waals surface area contributed by atoms with Crippen LogP contribution in [-0.2, 0) is 0 Å². The normalized spacial score (nSPS) is 17.5. The molecule has 34 heavy (non-hydrogen) atoms. The molecule has 4 heterocycles. The van der Waals surface area contributed by atoms with Gasteiger partial charge in [-0.05, 0) is 38.5 Å². The van der Waals surface area contributed by atoms with Crippen molar-refractivity contribution in [2.45, 2.75) is 44.7 Å². The Hall–Kier alpha value is -3.41. The van der Waals surface area contributed by atoms with Gasteiger partial charge in [-0.2, -0.15) is 5.10 Å². The smallest absolute Gasteiger partial charge is 0.404 e. The maximum absolute atomic E-state index is 13.6. The predicted molar refractivity (Wildman–Crippen MR) is 127 cm³/mol. The average Bonchev–Trinajstić information content (AvgIpc) is 3.44. The molecule has 0 aromatic carbocycles. The largest absolute Gasteiger partial charge is 0.491 e. The predicted octanol–water partition coefficient (Wildman–Crippen LogP) is 2.94. The minimum atomic E-state index is -1.05. The molecule has 2 amide bonds. The van der Waals surface area contributed by atoms with E-state index >= 15 is 0 Å². The summed E-state index contributed by atoms with van der Waals surface area (Å²) in [4.78, 5) is 36.6. The van der Waals surface area contributed by atoms with Gasteiger partial charge in [0.1, 0.15) is 4.83 Å². The Bertz CT molecular complexity index is 1210. The second-order valence-corrected chi connectivity index (χ2v) is 9.67. The number of aromatic nitrogens is 4. The fraction of sp³-hybridized carbons (Fsp3) is 0.500. The van der Waals surface area contributed by atoms with Crippen LogP contribution in [0.5, 0.6) is 5.75 Å². The number of piperidine rings is 1. The van der Waals surface area contributed by atoms with Crippen LogP contribution in [0.4, 0.5) is 10.6 Å². The van der Waals surface area contributed by atoms with E-state index in [-0.39, 0.29) is 23.7 Å². The number of amides is 2. The van der Waals surface area contributed by atoms with Crippen molar-refractivity contribution in [1.82, 2.24) is 29.8 Å². The fourth-order valence-corrected chi connectivity index (χ4v) is 5.16. The number of carboxylic acid groups (broad SMARTS) is 1. The van der Waals surface area contributed by atoms with Gasteiger partial charge in [0, 0.05) is 36.8 Å². The Morgan fingerprint density at radius 1 is 1.24 bits per heavy atom. The van der Waals surface area contributed by atoms with Gasteiger partial charge in [0.15, 0.2) is 23.1 Å². The van der Waals surface area contributed by atoms with E-state index in [4.69, 9.17) is 14.8 Å². The number of rotatable bonds is 7. The molecule has 1 saturated heterocycles. The summed E-state index contributed by atoms with van der Waals surface area (Å²) < 4.78 is 7.42. The van der Waals surface area contributed by atoms with Crippen molar-refractivity contribution in [2.24, 2.45) is 5.92 Å². The molecule has 0 unspecified atom stereocenters. The lowest BCUT2D eigenvalue weighted by molar-refractivity contribution is 0.0696. The van der Waals surface area contributed by atoms with Crippen molar-refractivity contribution < 1.29 is 19.4 Å². The van der Waals surface area contributed by atoms with Crippen molar-refractivity contribution in [3.63, 3.8) is 0 Å². The van der Waals surface area contributed by atoms with Crippen LogP contribution in [0, 0.1) is 5.92 Å². The first-order chi connectivity index (χ1) is 16.4. The van der Waals surface area contributed by atoms with Crippen molar-refractivity contribution in [2.75, 3.05) is 25.5 Å². The lowest BCUT2D eigenvalue weighted by Crippen LogP contribution is -2.46. The Balaban J connectivity index is 1.50. The van der Waals surface area contributed by atoms with Crippen LogP contribution >= 0.6 is 11.3 Å². The molecule has 11 nitrogen and oxygen atoms in total. The summed E-state index contributed by atoms with van der Waals surface area (Å²) in [6.45, 7) is 2.96. The topological polar surface area (TPSA) is 134 Å². The molecule has 3 N–H and O–H groups in total. The number of nitrogens with one attached hydrogen (secondary N) is 2. The highest BCUT2D eigenvalue weighted by molar-refractivity contribution is 7.16. The maximum Gasteiger partial charge on any atom is 0.404 e. The SMILES string of the molecule is COc1c(N[C@@H](C)C2CC2)nc(-c2cnn3ccsc23)nc1C(=O)N1CCC(NC(=O)O)CC1. The first-order valence-corrected chi connectivity index (χ1v) is 12.2. The molecule has 0 bridgehead atoms. The van der Waals surface area contributed by atoms with Crippen molar-refractivity contribution in [3.8, 4) is 17.1 Å². The van der Waals surface area contributed by atoms with E-state index in [0.717, 1.165) is 10.4 Å². The number of methoxy groups -OCH3 is 1. The number of likely N-dealkylation sites (tertiary alicyclic amines) is 1. The summed E-state index contributed by atoms with van der Waals surface area (Å²) in [5, 5.41) is 21.2. The Kier molecular flexibility index (Phi) is 5.98. The number of nitrogens with zero attached hydrogens (tertiary/aromatic N) is 5. The lowest BCUT2D eigenvalue weighted by Gasteiger charge is -2.32. The highest BCUT2D eigenvalue weighted by Gasteiger charge is 2.33. The summed E-state index contributed by atoms with van der Waals surface area (Å²) in [5.74, 6) is 1.54. The van der Waals surface area contributed by atoms with Gasteiger partial charge in [0.2, 0.25) is 0 Å². The van der Waals surface area contributed by atoms with Crippen molar-refractivity contribution >= 4 is 34.0 Å². The number of hydrogen-bond acceptors (Lipinski definition) is 8. The Labute approximate surface area is 200 Å². The molecule has 1 aliphatic carbocycles. The monoisotopic (exact) mass is 485 g/mol. The first-order valence-electron chi connectivity index (χ1n) is 11.4. The van der Waals surface area contributed by atoms with Gasteiger partial charge in [-0.1, -0.05) is 0 Å². The third kappa shape index (κ3) is 4.37. The van der Waals surface area contributed by atoms with Gasteiger partial charge in [-0.25, -0.2) is 19.3 Å². The van der Waals surface area contributed by atoms with Crippen molar-refractivity contribution in [1.29, 1.82) is 0 Å². The molecular weight excluding hydrogens is 458 g/mol. The minimum Gasteiger partial charge on any atom is -0.491 e. The van der Waals surface area contributed by atoms with Crippen LogP contribution in [-0.4, -0.2) is 73.9 Å². The van der Waals surface area contributed by atoms with Crippen LogP contribution < -0.4 is 15.4 Å². The molecule has 2 fully saturated rings. The average molecular weight is 486 g/mol. The lowest BCUT2D eigenvalue weighted by atomic mass is 10.0. The number of carbonyl (C=O) groups excluding carboxylic acids is 1. The van der Waals surface area contributed by atoms with Crippen LogP contribution in [0.1, 0.15) is 43.1 Å². The van der Waals surface area contributed by atoms with Crippen LogP contribution in [0.25, 0.3) is 16.2 Å². The summed E-state index contributed by atoms with van der Waals surface area (Å²) in [7, 11) is 1.52. The molecule has 12 heteroatoms. The zero-order valence-corrected chi connectivity index (χ0v) is 19.8. The van der Waals surface area contributed by atoms with E-state index in [1.807, 2.05) is 11.6 Å². The zero-order valence-electron chi connectivity index (χ0n) is 19.0. The highest BCUT2D eigenvalue weighted by Crippen LogP contribution is 2.37. The maximum atomic E-state index is 13.6. The van der Waals surface area contributed by atoms with Crippen LogP contribution in [0.2, 0.25) is 0 Å². The molecule has 0 spiro atoms. The second-order valence-electron chi connectivity index (χ2n) is 8.78. The number of thiazole rings is 1. The summed E-state index contributed by atoms with van der Waals surface area (Å²) in [6.07, 6.45) is 5.94. The van der Waals surface area contributed by atoms with E-state index in [0.29, 0.717) is 49.2 Å². The molecule has 3 aromatic heterocycles. The van der Waals surface area contributed by atoms with E-state index < -0.39 is 6.09 Å². The van der Waals surface area contributed by atoms with Gasteiger partial charge in [0.05, 0.1) is 18.9 Å². The third-order valence-corrected chi connectivity index (χ3v) is 7.34. The number of carbonyl (C=O) groups is 2. The molecule has 3 aromatic rings. The number of fused-ring (bicyclic) bond motifs is 1. The van der Waals surface area contributed by atoms with Gasteiger partial charge in [-0.3, -0.25) is 4.79 Å². The second kappa shape index (κ2) is 9.09. The number of anilines is 1. The Morgan fingerprint density at radius 2 is 2.00 bits per heavy atom. The molecule has 0 radical (unpaired) electrons. The molecule has 5 rings (SSSR count).